The maximum absolute atomic E-state index is 5.83. The van der Waals surface area contributed by atoms with Crippen molar-refractivity contribution in [2.45, 2.75) is 25.4 Å². The fourth-order valence-corrected chi connectivity index (χ4v) is 3.82. The monoisotopic (exact) mass is 418 g/mol. The fourth-order valence-electron chi connectivity index (χ4n) is 3.54. The summed E-state index contributed by atoms with van der Waals surface area (Å²) in [7, 11) is 0. The number of benzene rings is 2. The zero-order valence-electron chi connectivity index (χ0n) is 16.8. The summed E-state index contributed by atoms with van der Waals surface area (Å²) >= 11 is 5.51. The number of hydrogen-bond acceptors (Lipinski definition) is 4. The number of likely N-dealkylation sites (tertiary alicyclic amines) is 1. The normalized spacial score (nSPS) is 14.8. The molecule has 0 bridgehead atoms. The van der Waals surface area contributed by atoms with Gasteiger partial charge in [-0.1, -0.05) is 24.3 Å². The molecule has 1 aliphatic rings. The first-order chi connectivity index (χ1) is 14.7. The number of ether oxygens (including phenoxy) is 1. The summed E-state index contributed by atoms with van der Waals surface area (Å²) in [6.45, 7) is 3.00. The molecule has 1 saturated heterocycles. The Bertz CT molecular complexity index is 926. The molecule has 4 rings (SSSR count). The summed E-state index contributed by atoms with van der Waals surface area (Å²) < 4.78 is 5.83. The molecule has 6 heteroatoms. The van der Waals surface area contributed by atoms with Crippen LogP contribution in [0.4, 0.5) is 5.69 Å². The Labute approximate surface area is 183 Å². The zero-order valence-corrected chi connectivity index (χ0v) is 17.6. The molecular weight excluding hydrogens is 392 g/mol. The Balaban J connectivity index is 1.20. The van der Waals surface area contributed by atoms with Crippen molar-refractivity contribution < 1.29 is 4.74 Å². The third-order valence-electron chi connectivity index (χ3n) is 5.13. The predicted octanol–water partition coefficient (Wildman–Crippen LogP) is 4.82. The van der Waals surface area contributed by atoms with E-state index < -0.39 is 0 Å². The molecule has 0 unspecified atom stereocenters. The number of hydrogen-bond donors (Lipinski definition) is 2. The molecule has 2 aromatic carbocycles. The molecule has 0 aliphatic carbocycles. The standard InChI is InChI=1S/C24H26N4OS/c30-24(26-19-9-11-23(12-10-19)29-22-7-2-1-3-8-22)27-20-13-16-28(17-14-20)18-21-6-4-5-15-25-21/h1-12,15,20H,13-14,16-18H2,(H2,26,27,30). The summed E-state index contributed by atoms with van der Waals surface area (Å²) in [6.07, 6.45) is 3.99. The van der Waals surface area contributed by atoms with Gasteiger partial charge in [0.05, 0.1) is 5.69 Å². The number of thiocarbonyl (C=S) groups is 1. The summed E-state index contributed by atoms with van der Waals surface area (Å²) in [5, 5.41) is 7.39. The molecule has 0 amide bonds. The van der Waals surface area contributed by atoms with E-state index in [0.29, 0.717) is 11.2 Å². The van der Waals surface area contributed by atoms with Gasteiger partial charge in [0.1, 0.15) is 11.5 Å². The molecule has 1 aliphatic heterocycles. The second-order valence-electron chi connectivity index (χ2n) is 7.41. The quantitative estimate of drug-likeness (QED) is 0.560. The lowest BCUT2D eigenvalue weighted by atomic mass is 10.1. The SMILES string of the molecule is S=C(Nc1ccc(Oc2ccccc2)cc1)NC1CCN(Cc2ccccn2)CC1. The Kier molecular flexibility index (Phi) is 6.90. The van der Waals surface area contributed by atoms with E-state index in [-0.39, 0.29) is 0 Å². The Hall–Kier alpha value is -2.96. The third kappa shape index (κ3) is 6.02. The average molecular weight is 419 g/mol. The predicted molar refractivity (Wildman–Crippen MR) is 125 cm³/mol. The number of piperidine rings is 1. The van der Waals surface area contributed by atoms with Crippen LogP contribution in [0, 0.1) is 0 Å². The topological polar surface area (TPSA) is 49.4 Å². The van der Waals surface area contributed by atoms with Gasteiger partial charge in [0.2, 0.25) is 0 Å². The highest BCUT2D eigenvalue weighted by Crippen LogP contribution is 2.22. The lowest BCUT2D eigenvalue weighted by molar-refractivity contribution is 0.197. The number of rotatable bonds is 6. The molecule has 5 nitrogen and oxygen atoms in total. The van der Waals surface area contributed by atoms with Crippen LogP contribution in [-0.2, 0) is 6.54 Å². The van der Waals surface area contributed by atoms with Crippen molar-refractivity contribution in [3.05, 3.63) is 84.7 Å². The van der Waals surface area contributed by atoms with Crippen LogP contribution in [0.1, 0.15) is 18.5 Å². The highest BCUT2D eigenvalue weighted by Gasteiger charge is 2.20. The van der Waals surface area contributed by atoms with Crippen molar-refractivity contribution in [3.8, 4) is 11.5 Å². The number of nitrogens with zero attached hydrogens (tertiary/aromatic N) is 2. The van der Waals surface area contributed by atoms with Crippen LogP contribution in [0.5, 0.6) is 11.5 Å². The van der Waals surface area contributed by atoms with Crippen molar-refractivity contribution in [1.82, 2.24) is 15.2 Å². The lowest BCUT2D eigenvalue weighted by Crippen LogP contribution is -2.45. The Morgan fingerprint density at radius 2 is 1.63 bits per heavy atom. The summed E-state index contributed by atoms with van der Waals surface area (Å²) in [6, 6.07) is 24.1. The molecular formula is C24H26N4OS. The van der Waals surface area contributed by atoms with Gasteiger partial charge in [-0.05, 0) is 73.6 Å². The van der Waals surface area contributed by atoms with Gasteiger partial charge in [-0.3, -0.25) is 9.88 Å². The molecule has 0 radical (unpaired) electrons. The van der Waals surface area contributed by atoms with Gasteiger partial charge in [0.25, 0.3) is 0 Å². The van der Waals surface area contributed by atoms with Gasteiger partial charge in [-0.2, -0.15) is 0 Å². The first kappa shape index (κ1) is 20.3. The second kappa shape index (κ2) is 10.2. The minimum Gasteiger partial charge on any atom is -0.457 e. The first-order valence-electron chi connectivity index (χ1n) is 10.3. The number of aromatic nitrogens is 1. The van der Waals surface area contributed by atoms with Gasteiger partial charge in [-0.25, -0.2) is 0 Å². The molecule has 0 atom stereocenters. The van der Waals surface area contributed by atoms with Crippen molar-refractivity contribution in [2.24, 2.45) is 0 Å². The van der Waals surface area contributed by atoms with Crippen LogP contribution < -0.4 is 15.4 Å². The van der Waals surface area contributed by atoms with Gasteiger partial charge < -0.3 is 15.4 Å². The van der Waals surface area contributed by atoms with E-state index in [1.165, 1.54) is 0 Å². The van der Waals surface area contributed by atoms with E-state index in [0.717, 1.165) is 55.4 Å². The number of nitrogens with one attached hydrogen (secondary N) is 2. The van der Waals surface area contributed by atoms with Crippen LogP contribution >= 0.6 is 12.2 Å². The van der Waals surface area contributed by atoms with Crippen LogP contribution in [0.25, 0.3) is 0 Å². The van der Waals surface area contributed by atoms with E-state index in [1.807, 2.05) is 72.9 Å². The minimum absolute atomic E-state index is 0.394. The fraction of sp³-hybridized carbons (Fsp3) is 0.250. The summed E-state index contributed by atoms with van der Waals surface area (Å²) in [5.41, 5.74) is 2.07. The van der Waals surface area contributed by atoms with Crippen molar-refractivity contribution in [3.63, 3.8) is 0 Å². The van der Waals surface area contributed by atoms with Gasteiger partial charge >= 0.3 is 0 Å². The molecule has 30 heavy (non-hydrogen) atoms. The van der Waals surface area contributed by atoms with E-state index in [1.54, 1.807) is 0 Å². The smallest absolute Gasteiger partial charge is 0.170 e. The Morgan fingerprint density at radius 1 is 0.933 bits per heavy atom. The summed E-state index contributed by atoms with van der Waals surface area (Å²) in [5.74, 6) is 1.62. The largest absolute Gasteiger partial charge is 0.457 e. The lowest BCUT2D eigenvalue weighted by Gasteiger charge is -2.32. The van der Waals surface area contributed by atoms with E-state index in [9.17, 15) is 0 Å². The second-order valence-corrected chi connectivity index (χ2v) is 7.82. The minimum atomic E-state index is 0.394. The molecule has 2 heterocycles. The average Bonchev–Trinajstić information content (AvgIpc) is 2.78. The molecule has 1 fully saturated rings. The van der Waals surface area contributed by atoms with E-state index in [4.69, 9.17) is 17.0 Å². The van der Waals surface area contributed by atoms with Crippen LogP contribution in [0.2, 0.25) is 0 Å². The highest BCUT2D eigenvalue weighted by molar-refractivity contribution is 7.80. The molecule has 3 aromatic rings. The highest BCUT2D eigenvalue weighted by atomic mass is 32.1. The van der Waals surface area contributed by atoms with Gasteiger partial charge in [-0.15, -0.1) is 0 Å². The number of anilines is 1. The molecule has 0 saturated carbocycles. The van der Waals surface area contributed by atoms with Gasteiger partial charge in [0.15, 0.2) is 5.11 Å². The summed E-state index contributed by atoms with van der Waals surface area (Å²) in [4.78, 5) is 6.87. The van der Waals surface area contributed by atoms with Crippen molar-refractivity contribution in [2.75, 3.05) is 18.4 Å². The van der Waals surface area contributed by atoms with E-state index in [2.05, 4.69) is 26.6 Å². The number of para-hydroxylation sites is 1. The Morgan fingerprint density at radius 3 is 2.33 bits per heavy atom. The van der Waals surface area contributed by atoms with Crippen molar-refractivity contribution in [1.29, 1.82) is 0 Å². The van der Waals surface area contributed by atoms with E-state index >= 15 is 0 Å². The molecule has 0 spiro atoms. The third-order valence-corrected chi connectivity index (χ3v) is 5.35. The maximum atomic E-state index is 5.83. The number of pyridine rings is 1. The van der Waals surface area contributed by atoms with Gasteiger partial charge in [0, 0.05) is 37.6 Å². The maximum Gasteiger partial charge on any atom is 0.170 e. The van der Waals surface area contributed by atoms with Crippen LogP contribution in [0.15, 0.2) is 79.0 Å². The zero-order chi connectivity index (χ0) is 20.6. The first-order valence-corrected chi connectivity index (χ1v) is 10.7. The molecule has 2 N–H and O–H groups in total. The van der Waals surface area contributed by atoms with Crippen molar-refractivity contribution >= 4 is 23.0 Å². The van der Waals surface area contributed by atoms with Crippen LogP contribution in [-0.4, -0.2) is 34.1 Å². The molecule has 1 aromatic heterocycles. The van der Waals surface area contributed by atoms with Crippen LogP contribution in [0.3, 0.4) is 0 Å². The molecule has 154 valence electrons.